The average Bonchev–Trinajstić information content (AvgIpc) is 3.30. The van der Waals surface area contributed by atoms with Crippen LogP contribution >= 0.6 is 0 Å². The Bertz CT molecular complexity index is 1120. The Morgan fingerprint density at radius 1 is 1.50 bits per heavy atom. The van der Waals surface area contributed by atoms with E-state index in [2.05, 4.69) is 20.3 Å². The number of hydrogen-bond donors (Lipinski definition) is 3. The van der Waals surface area contributed by atoms with Crippen LogP contribution in [0.4, 0.5) is 9.18 Å². The summed E-state index contributed by atoms with van der Waals surface area (Å²) < 4.78 is 15.0. The topological polar surface area (TPSA) is 137 Å². The number of likely N-dealkylation sites (N-methyl/N-ethyl adjacent to an activating group) is 1. The number of carbonyl (C=O) groups is 1. The molecule has 1 amide bonds. The van der Waals surface area contributed by atoms with Gasteiger partial charge in [-0.15, -0.1) is 0 Å². The van der Waals surface area contributed by atoms with Gasteiger partial charge in [0, 0.05) is 35.6 Å². The number of nitrogens with one attached hydrogen (secondary N) is 2. The maximum atomic E-state index is 15.0. The number of amides is 1. The second-order valence-corrected chi connectivity index (χ2v) is 7.25. The van der Waals surface area contributed by atoms with E-state index in [-0.39, 0.29) is 18.5 Å². The Balaban J connectivity index is 1.99. The van der Waals surface area contributed by atoms with Crippen LogP contribution in [0.25, 0.3) is 11.0 Å². The molecule has 0 radical (unpaired) electrons. The first-order valence-corrected chi connectivity index (χ1v) is 9.21. The Morgan fingerprint density at radius 3 is 3.00 bits per heavy atom. The Hall–Kier alpha value is -3.60. The van der Waals surface area contributed by atoms with Crippen LogP contribution in [0.2, 0.25) is 0 Å². The minimum absolute atomic E-state index is 0.0541. The second kappa shape index (κ2) is 7.34. The van der Waals surface area contributed by atoms with Crippen LogP contribution in [0.5, 0.6) is 0 Å². The lowest BCUT2D eigenvalue weighted by Gasteiger charge is -2.40. The predicted molar refractivity (Wildman–Crippen MR) is 104 cm³/mol. The lowest BCUT2D eigenvalue weighted by Crippen LogP contribution is -2.54. The number of carboxylic acid groups (broad SMARTS) is 1. The molecule has 1 fully saturated rings. The summed E-state index contributed by atoms with van der Waals surface area (Å²) in [4.78, 5) is 35.4. The first kappa shape index (κ1) is 19.7. The maximum absolute atomic E-state index is 15.0. The zero-order valence-corrected chi connectivity index (χ0v) is 15.9. The van der Waals surface area contributed by atoms with Crippen molar-refractivity contribution < 1.29 is 19.2 Å². The average molecular weight is 414 g/mol. The molecule has 0 bridgehead atoms. The third kappa shape index (κ3) is 2.94. The van der Waals surface area contributed by atoms with Crippen molar-refractivity contribution in [2.24, 2.45) is 0 Å². The molecule has 3 N–H and O–H groups in total. The van der Waals surface area contributed by atoms with Gasteiger partial charge in [-0.1, -0.05) is 12.1 Å². The zero-order valence-electron chi connectivity index (χ0n) is 15.9. The van der Waals surface area contributed by atoms with Crippen LogP contribution in [-0.4, -0.2) is 55.7 Å². The molecule has 1 aliphatic rings. The predicted octanol–water partition coefficient (Wildman–Crippen LogP) is 2.28. The number of nitrogens with zero attached hydrogens (tertiary/aromatic N) is 4. The molecule has 30 heavy (non-hydrogen) atoms. The third-order valence-electron chi connectivity index (χ3n) is 5.95. The van der Waals surface area contributed by atoms with Gasteiger partial charge in [0.2, 0.25) is 0 Å². The minimum atomic E-state index is -1.36. The molecule has 4 rings (SSSR count). The molecule has 1 saturated heterocycles. The van der Waals surface area contributed by atoms with Crippen LogP contribution in [0.15, 0.2) is 43.0 Å². The van der Waals surface area contributed by atoms with Crippen LogP contribution < -0.4 is 5.32 Å². The van der Waals surface area contributed by atoms with Crippen molar-refractivity contribution in [2.45, 2.75) is 24.0 Å². The molecule has 2 aromatic heterocycles. The standard InChI is InChI=1S/C19H19FN6O4/c1-25-16(26(29)30)7-13(11-3-2-4-15-17(11)24-10-23-15)19(25,9-22-18(27)28)12-5-6-21-8-14(12)20/h2-6,8,10,13,16,22H,7,9H2,1H3,(H,23,24)(H,27,28). The summed E-state index contributed by atoms with van der Waals surface area (Å²) in [6.07, 6.45) is 1.53. The van der Waals surface area contributed by atoms with E-state index >= 15 is 0 Å². The number of imidazole rings is 1. The summed E-state index contributed by atoms with van der Waals surface area (Å²) in [5.41, 5.74) is 0.782. The van der Waals surface area contributed by atoms with Gasteiger partial charge in [0.15, 0.2) is 0 Å². The van der Waals surface area contributed by atoms with Crippen LogP contribution in [0.1, 0.15) is 23.5 Å². The van der Waals surface area contributed by atoms with Crippen molar-refractivity contribution in [3.63, 3.8) is 0 Å². The molecule has 0 saturated carbocycles. The number of benzene rings is 1. The molecule has 1 aromatic carbocycles. The Labute approximate surface area is 169 Å². The maximum Gasteiger partial charge on any atom is 0.404 e. The van der Waals surface area contributed by atoms with Crippen molar-refractivity contribution in [2.75, 3.05) is 13.6 Å². The van der Waals surface area contributed by atoms with Crippen LogP contribution in [0, 0.1) is 15.9 Å². The van der Waals surface area contributed by atoms with Crippen molar-refractivity contribution >= 4 is 17.1 Å². The van der Waals surface area contributed by atoms with Gasteiger partial charge in [-0.2, -0.15) is 0 Å². The van der Waals surface area contributed by atoms with E-state index < -0.39 is 34.5 Å². The highest BCUT2D eigenvalue weighted by atomic mass is 19.1. The van der Waals surface area contributed by atoms with Crippen molar-refractivity contribution in [3.8, 4) is 0 Å². The number of hydrogen-bond acceptors (Lipinski definition) is 6. The molecule has 0 aliphatic carbocycles. The number of likely N-dealkylation sites (tertiary alicyclic amines) is 1. The summed E-state index contributed by atoms with van der Waals surface area (Å²) in [7, 11) is 1.52. The minimum Gasteiger partial charge on any atom is -0.465 e. The normalized spacial score (nSPS) is 24.2. The van der Waals surface area contributed by atoms with E-state index in [9.17, 15) is 24.4 Å². The molecule has 0 spiro atoms. The fourth-order valence-electron chi connectivity index (χ4n) is 4.61. The van der Waals surface area contributed by atoms with E-state index in [1.165, 1.54) is 30.5 Å². The number of rotatable bonds is 5. The fraction of sp³-hybridized carbons (Fsp3) is 0.316. The van der Waals surface area contributed by atoms with Gasteiger partial charge in [0.1, 0.15) is 5.82 Å². The molecule has 3 unspecified atom stereocenters. The molecule has 11 heteroatoms. The largest absolute Gasteiger partial charge is 0.465 e. The molecule has 1 aliphatic heterocycles. The van der Waals surface area contributed by atoms with Gasteiger partial charge in [0.25, 0.3) is 6.17 Å². The molecule has 3 aromatic rings. The first-order chi connectivity index (χ1) is 14.4. The van der Waals surface area contributed by atoms with Gasteiger partial charge < -0.3 is 15.4 Å². The highest BCUT2D eigenvalue weighted by Crippen LogP contribution is 2.52. The number of aromatic amines is 1. The number of aromatic nitrogens is 3. The SMILES string of the molecule is CN1C([N+](=O)[O-])CC(c2cccc3[nH]cnc23)C1(CNC(=O)O)c1ccncc1F. The molecular formula is C19H19FN6O4. The number of nitro groups is 1. The fourth-order valence-corrected chi connectivity index (χ4v) is 4.61. The van der Waals surface area contributed by atoms with E-state index in [0.717, 1.165) is 11.7 Å². The number of fused-ring (bicyclic) bond motifs is 1. The van der Waals surface area contributed by atoms with E-state index in [0.29, 0.717) is 11.1 Å². The van der Waals surface area contributed by atoms with Gasteiger partial charge in [0.05, 0.1) is 29.1 Å². The third-order valence-corrected chi connectivity index (χ3v) is 5.95. The molecule has 156 valence electrons. The smallest absolute Gasteiger partial charge is 0.404 e. The molecule has 3 heterocycles. The highest BCUT2D eigenvalue weighted by Gasteiger charge is 2.59. The van der Waals surface area contributed by atoms with Crippen molar-refractivity contribution in [1.29, 1.82) is 0 Å². The number of H-pyrrole nitrogens is 1. The Morgan fingerprint density at radius 2 is 2.30 bits per heavy atom. The van der Waals surface area contributed by atoms with Crippen molar-refractivity contribution in [3.05, 3.63) is 70.0 Å². The quantitative estimate of drug-likeness (QED) is 0.430. The summed E-state index contributed by atoms with van der Waals surface area (Å²) in [5, 5.41) is 23.4. The number of pyridine rings is 1. The lowest BCUT2D eigenvalue weighted by molar-refractivity contribution is -0.547. The van der Waals surface area contributed by atoms with Crippen molar-refractivity contribution in [1.82, 2.24) is 25.2 Å². The number of halogens is 1. The highest BCUT2D eigenvalue weighted by molar-refractivity contribution is 5.79. The zero-order chi connectivity index (χ0) is 21.5. The Kier molecular flexibility index (Phi) is 4.82. The summed E-state index contributed by atoms with van der Waals surface area (Å²) >= 11 is 0. The summed E-state index contributed by atoms with van der Waals surface area (Å²) in [5.74, 6) is -1.28. The van der Waals surface area contributed by atoms with Crippen LogP contribution in [0.3, 0.4) is 0 Å². The monoisotopic (exact) mass is 414 g/mol. The van der Waals surface area contributed by atoms with Gasteiger partial charge in [-0.05, 0) is 24.7 Å². The summed E-state index contributed by atoms with van der Waals surface area (Å²) in [6, 6.07) is 6.83. The second-order valence-electron chi connectivity index (χ2n) is 7.25. The van der Waals surface area contributed by atoms with Gasteiger partial charge in [-0.3, -0.25) is 15.1 Å². The van der Waals surface area contributed by atoms with E-state index in [1.807, 2.05) is 6.07 Å². The van der Waals surface area contributed by atoms with E-state index in [1.54, 1.807) is 12.1 Å². The van der Waals surface area contributed by atoms with Gasteiger partial charge >= 0.3 is 6.09 Å². The summed E-state index contributed by atoms with van der Waals surface area (Å²) in [6.45, 7) is -0.254. The lowest BCUT2D eigenvalue weighted by atomic mass is 9.74. The van der Waals surface area contributed by atoms with Crippen LogP contribution in [-0.2, 0) is 5.54 Å². The molecule has 10 nitrogen and oxygen atoms in total. The first-order valence-electron chi connectivity index (χ1n) is 9.21. The van der Waals surface area contributed by atoms with Gasteiger partial charge in [-0.25, -0.2) is 19.1 Å². The molecular weight excluding hydrogens is 395 g/mol. The van der Waals surface area contributed by atoms with E-state index in [4.69, 9.17) is 0 Å². The number of para-hydroxylation sites is 1. The molecule has 3 atom stereocenters.